The molecule has 2 aliphatic rings. The SMILES string of the molecule is COC(=O)c1cnc2c(c1)ncn2Cc1ccc2c(c1)SC(NC1CCCCC1)N2. The van der Waals surface area contributed by atoms with Gasteiger partial charge in [0.15, 0.2) is 5.65 Å². The molecule has 0 radical (unpaired) electrons. The van der Waals surface area contributed by atoms with E-state index in [1.807, 2.05) is 16.3 Å². The zero-order valence-electron chi connectivity index (χ0n) is 16.9. The van der Waals surface area contributed by atoms with Crippen molar-refractivity contribution in [2.75, 3.05) is 12.4 Å². The molecule has 0 saturated heterocycles. The molecule has 30 heavy (non-hydrogen) atoms. The van der Waals surface area contributed by atoms with Gasteiger partial charge in [-0.3, -0.25) is 5.32 Å². The summed E-state index contributed by atoms with van der Waals surface area (Å²) in [5.41, 5.74) is 4.48. The predicted octanol–water partition coefficient (Wildman–Crippen LogP) is 3.99. The summed E-state index contributed by atoms with van der Waals surface area (Å²) in [4.78, 5) is 21.8. The molecule has 3 heterocycles. The highest BCUT2D eigenvalue weighted by molar-refractivity contribution is 8.00. The molecule has 1 saturated carbocycles. The minimum Gasteiger partial charge on any atom is -0.465 e. The van der Waals surface area contributed by atoms with E-state index in [1.54, 1.807) is 12.4 Å². The number of aromatic nitrogens is 3. The lowest BCUT2D eigenvalue weighted by Gasteiger charge is -2.26. The lowest BCUT2D eigenvalue weighted by Crippen LogP contribution is -2.40. The fourth-order valence-corrected chi connectivity index (χ4v) is 5.40. The number of fused-ring (bicyclic) bond motifs is 2. The molecular formula is C22H25N5O2S. The standard InChI is InChI=1S/C22H25N5O2S/c1-29-21(28)15-10-18-20(23-11-15)27(13-24-18)12-14-7-8-17-19(9-14)30-22(26-17)25-16-5-3-2-4-6-16/h7-11,13,16,22,25-26H,2-6,12H2,1H3. The fraction of sp³-hybridized carbons (Fsp3) is 0.409. The monoisotopic (exact) mass is 423 g/mol. The lowest BCUT2D eigenvalue weighted by molar-refractivity contribution is 0.0600. The van der Waals surface area contributed by atoms with E-state index < -0.39 is 5.97 Å². The first-order valence-electron chi connectivity index (χ1n) is 10.4. The minimum absolute atomic E-state index is 0.242. The van der Waals surface area contributed by atoms with Crippen LogP contribution in [0.2, 0.25) is 0 Å². The molecule has 2 aromatic heterocycles. The number of hydrogen-bond donors (Lipinski definition) is 2. The molecule has 0 bridgehead atoms. The number of carbonyl (C=O) groups excluding carboxylic acids is 1. The highest BCUT2D eigenvalue weighted by atomic mass is 32.2. The van der Waals surface area contributed by atoms with Crippen molar-refractivity contribution in [3.63, 3.8) is 0 Å². The second kappa shape index (κ2) is 8.28. The third-order valence-electron chi connectivity index (χ3n) is 5.80. The molecule has 3 aromatic rings. The fourth-order valence-electron chi connectivity index (χ4n) is 4.23. The summed E-state index contributed by atoms with van der Waals surface area (Å²) in [7, 11) is 1.36. The molecule has 8 heteroatoms. The van der Waals surface area contributed by atoms with Crippen molar-refractivity contribution >= 4 is 34.6 Å². The third-order valence-corrected chi connectivity index (χ3v) is 6.88. The first-order chi connectivity index (χ1) is 14.7. The highest BCUT2D eigenvalue weighted by Gasteiger charge is 2.25. The Morgan fingerprint density at radius 1 is 1.27 bits per heavy atom. The second-order valence-electron chi connectivity index (χ2n) is 7.91. The number of methoxy groups -OCH3 is 1. The van der Waals surface area contributed by atoms with E-state index in [1.165, 1.54) is 61.6 Å². The van der Waals surface area contributed by atoms with Gasteiger partial charge in [0, 0.05) is 22.8 Å². The molecule has 7 nitrogen and oxygen atoms in total. The van der Waals surface area contributed by atoms with Gasteiger partial charge in [0.25, 0.3) is 0 Å². The largest absolute Gasteiger partial charge is 0.465 e. The van der Waals surface area contributed by atoms with E-state index in [0.717, 1.165) is 5.65 Å². The molecule has 0 spiro atoms. The summed E-state index contributed by atoms with van der Waals surface area (Å²) in [6.07, 6.45) is 9.90. The number of anilines is 1. The summed E-state index contributed by atoms with van der Waals surface area (Å²) in [6, 6.07) is 8.88. The Labute approximate surface area is 179 Å². The molecule has 5 rings (SSSR count). The van der Waals surface area contributed by atoms with Crippen molar-refractivity contribution in [1.82, 2.24) is 19.9 Å². The van der Waals surface area contributed by atoms with Crippen LogP contribution < -0.4 is 10.6 Å². The van der Waals surface area contributed by atoms with Gasteiger partial charge in [0.2, 0.25) is 0 Å². The molecule has 1 atom stereocenters. The molecule has 1 aliphatic carbocycles. The van der Waals surface area contributed by atoms with Crippen LogP contribution in [0, 0.1) is 0 Å². The van der Waals surface area contributed by atoms with Crippen molar-refractivity contribution in [2.45, 2.75) is 55.1 Å². The molecular weight excluding hydrogens is 398 g/mol. The number of nitrogens with one attached hydrogen (secondary N) is 2. The van der Waals surface area contributed by atoms with E-state index in [0.29, 0.717) is 23.7 Å². The Balaban J connectivity index is 1.29. The number of carbonyl (C=O) groups is 1. The molecule has 1 unspecified atom stereocenters. The smallest absolute Gasteiger partial charge is 0.339 e. The summed E-state index contributed by atoms with van der Waals surface area (Å²) >= 11 is 1.85. The number of benzene rings is 1. The summed E-state index contributed by atoms with van der Waals surface area (Å²) < 4.78 is 6.76. The van der Waals surface area contributed by atoms with Gasteiger partial charge in [-0.05, 0) is 36.6 Å². The molecule has 2 N–H and O–H groups in total. The van der Waals surface area contributed by atoms with Gasteiger partial charge >= 0.3 is 5.97 Å². The van der Waals surface area contributed by atoms with Crippen LogP contribution in [0.25, 0.3) is 11.2 Å². The number of hydrogen-bond acceptors (Lipinski definition) is 7. The molecule has 1 aromatic carbocycles. The number of esters is 1. The number of nitrogens with zero attached hydrogens (tertiary/aromatic N) is 3. The van der Waals surface area contributed by atoms with Crippen LogP contribution in [0.3, 0.4) is 0 Å². The van der Waals surface area contributed by atoms with Gasteiger partial charge in [-0.2, -0.15) is 0 Å². The van der Waals surface area contributed by atoms with Gasteiger partial charge in [0.05, 0.1) is 25.5 Å². The highest BCUT2D eigenvalue weighted by Crippen LogP contribution is 2.38. The van der Waals surface area contributed by atoms with Crippen LogP contribution in [0.15, 0.2) is 41.7 Å². The Morgan fingerprint density at radius 2 is 2.13 bits per heavy atom. The maximum atomic E-state index is 11.7. The van der Waals surface area contributed by atoms with E-state index in [-0.39, 0.29) is 5.50 Å². The first kappa shape index (κ1) is 19.4. The van der Waals surface area contributed by atoms with Gasteiger partial charge in [-0.15, -0.1) is 0 Å². The lowest BCUT2D eigenvalue weighted by atomic mass is 9.96. The van der Waals surface area contributed by atoms with Crippen molar-refractivity contribution in [2.24, 2.45) is 0 Å². The number of pyridine rings is 1. The number of thioether (sulfide) groups is 1. The van der Waals surface area contributed by atoms with Crippen LogP contribution in [0.1, 0.15) is 48.0 Å². The van der Waals surface area contributed by atoms with Gasteiger partial charge in [-0.1, -0.05) is 37.1 Å². The predicted molar refractivity (Wildman–Crippen MR) is 118 cm³/mol. The minimum atomic E-state index is -0.404. The quantitative estimate of drug-likeness (QED) is 0.601. The molecule has 1 fully saturated rings. The number of imidazole rings is 1. The van der Waals surface area contributed by atoms with Crippen molar-refractivity contribution < 1.29 is 9.53 Å². The van der Waals surface area contributed by atoms with Crippen LogP contribution in [0.4, 0.5) is 5.69 Å². The van der Waals surface area contributed by atoms with Crippen LogP contribution in [-0.2, 0) is 11.3 Å². The van der Waals surface area contributed by atoms with Gasteiger partial charge in [-0.25, -0.2) is 14.8 Å². The topological polar surface area (TPSA) is 81.1 Å². The van der Waals surface area contributed by atoms with Crippen LogP contribution >= 0.6 is 11.8 Å². The maximum Gasteiger partial charge on any atom is 0.339 e. The zero-order valence-corrected chi connectivity index (χ0v) is 17.7. The van der Waals surface area contributed by atoms with Crippen LogP contribution in [0.5, 0.6) is 0 Å². The van der Waals surface area contributed by atoms with E-state index in [9.17, 15) is 4.79 Å². The van der Waals surface area contributed by atoms with Crippen molar-refractivity contribution in [3.8, 4) is 0 Å². The summed E-state index contributed by atoms with van der Waals surface area (Å²) in [6.45, 7) is 0.676. The molecule has 156 valence electrons. The van der Waals surface area contributed by atoms with Crippen molar-refractivity contribution in [1.29, 1.82) is 0 Å². The summed E-state index contributed by atoms with van der Waals surface area (Å²) in [5, 5.41) is 7.36. The van der Waals surface area contributed by atoms with Gasteiger partial charge in [0.1, 0.15) is 11.0 Å². The van der Waals surface area contributed by atoms with Gasteiger partial charge < -0.3 is 14.6 Å². The summed E-state index contributed by atoms with van der Waals surface area (Å²) in [5.74, 6) is -0.404. The van der Waals surface area contributed by atoms with Crippen molar-refractivity contribution in [3.05, 3.63) is 47.9 Å². The molecule has 1 aliphatic heterocycles. The van der Waals surface area contributed by atoms with E-state index in [4.69, 9.17) is 4.74 Å². The number of ether oxygens (including phenoxy) is 1. The second-order valence-corrected chi connectivity index (χ2v) is 9.05. The Hall–Kier alpha value is -2.58. The maximum absolute atomic E-state index is 11.7. The normalized spacial score (nSPS) is 18.9. The van der Waals surface area contributed by atoms with E-state index >= 15 is 0 Å². The average Bonchev–Trinajstić information content (AvgIpc) is 3.36. The average molecular weight is 424 g/mol. The molecule has 0 amide bonds. The third kappa shape index (κ3) is 3.89. The Morgan fingerprint density at radius 3 is 2.97 bits per heavy atom. The Kier molecular flexibility index (Phi) is 5.35. The zero-order chi connectivity index (χ0) is 20.5. The Bertz CT molecular complexity index is 1080. The van der Waals surface area contributed by atoms with E-state index in [2.05, 4.69) is 38.8 Å². The first-order valence-corrected chi connectivity index (χ1v) is 11.3. The van der Waals surface area contributed by atoms with Crippen LogP contribution in [-0.4, -0.2) is 39.2 Å². The number of rotatable bonds is 5.